The Morgan fingerprint density at radius 3 is 2.54 bits per heavy atom. The van der Waals surface area contributed by atoms with Crippen molar-refractivity contribution in [3.05, 3.63) is 48.0 Å². The summed E-state index contributed by atoms with van der Waals surface area (Å²) in [6.45, 7) is 3.70. The maximum absolute atomic E-state index is 12.2. The van der Waals surface area contributed by atoms with Crippen LogP contribution in [0.1, 0.15) is 19.4 Å². The van der Waals surface area contributed by atoms with Crippen LogP contribution < -0.4 is 20.2 Å². The van der Waals surface area contributed by atoms with Crippen LogP contribution in [-0.4, -0.2) is 36.9 Å². The van der Waals surface area contributed by atoms with Crippen LogP contribution in [0.5, 0.6) is 17.2 Å². The molecule has 8 heteroatoms. The third kappa shape index (κ3) is 5.73. The third-order valence-corrected chi connectivity index (χ3v) is 3.82. The molecule has 2 rings (SSSR count). The van der Waals surface area contributed by atoms with Crippen molar-refractivity contribution < 1.29 is 24.2 Å². The highest BCUT2D eigenvalue weighted by atomic mass is 16.5. The Balaban J connectivity index is 1.91. The SMILES string of the molecule is CCOc1cc(C=NNC(=O)C(C)C(=O)Nc2ccc(OC)cc2)ccc1O. The maximum atomic E-state index is 12.2. The summed E-state index contributed by atoms with van der Waals surface area (Å²) in [5.74, 6) is -0.943. The van der Waals surface area contributed by atoms with Gasteiger partial charge in [0.25, 0.3) is 5.91 Å². The van der Waals surface area contributed by atoms with Gasteiger partial charge in [-0.15, -0.1) is 0 Å². The molecular weight excluding hydrogens is 362 g/mol. The van der Waals surface area contributed by atoms with Gasteiger partial charge < -0.3 is 19.9 Å². The van der Waals surface area contributed by atoms with Crippen LogP contribution >= 0.6 is 0 Å². The summed E-state index contributed by atoms with van der Waals surface area (Å²) in [6.07, 6.45) is 1.40. The van der Waals surface area contributed by atoms with Gasteiger partial charge in [-0.3, -0.25) is 9.59 Å². The van der Waals surface area contributed by atoms with Gasteiger partial charge in [0.1, 0.15) is 11.7 Å². The molecule has 28 heavy (non-hydrogen) atoms. The Bertz CT molecular complexity index is 849. The largest absolute Gasteiger partial charge is 0.504 e. The van der Waals surface area contributed by atoms with E-state index in [0.29, 0.717) is 29.4 Å². The number of rotatable bonds is 8. The molecule has 0 radical (unpaired) electrons. The van der Waals surface area contributed by atoms with E-state index in [4.69, 9.17) is 9.47 Å². The van der Waals surface area contributed by atoms with Crippen molar-refractivity contribution in [1.29, 1.82) is 0 Å². The number of nitrogens with zero attached hydrogens (tertiary/aromatic N) is 1. The van der Waals surface area contributed by atoms with Crippen molar-refractivity contribution in [2.24, 2.45) is 11.0 Å². The number of aromatic hydroxyl groups is 1. The fourth-order valence-electron chi connectivity index (χ4n) is 2.19. The van der Waals surface area contributed by atoms with E-state index < -0.39 is 17.7 Å². The van der Waals surface area contributed by atoms with Gasteiger partial charge in [0.15, 0.2) is 11.5 Å². The van der Waals surface area contributed by atoms with Crippen molar-refractivity contribution >= 4 is 23.7 Å². The second-order valence-corrected chi connectivity index (χ2v) is 5.83. The first-order chi connectivity index (χ1) is 13.4. The van der Waals surface area contributed by atoms with Gasteiger partial charge in [0.2, 0.25) is 5.91 Å². The standard InChI is InChI=1S/C20H23N3O5/c1-4-28-18-11-14(5-10-17(18)24)12-21-23-20(26)13(2)19(25)22-15-6-8-16(27-3)9-7-15/h5-13,24H,4H2,1-3H3,(H,22,25)(H,23,26). The maximum Gasteiger partial charge on any atom is 0.252 e. The number of amides is 2. The monoisotopic (exact) mass is 385 g/mol. The number of ether oxygens (including phenoxy) is 2. The minimum atomic E-state index is -0.946. The molecule has 0 spiro atoms. The van der Waals surface area contributed by atoms with Crippen molar-refractivity contribution in [2.45, 2.75) is 13.8 Å². The fraction of sp³-hybridized carbons (Fsp3) is 0.250. The highest BCUT2D eigenvalue weighted by Gasteiger charge is 2.21. The quantitative estimate of drug-likeness (QED) is 0.367. The van der Waals surface area contributed by atoms with E-state index in [1.807, 2.05) is 0 Å². The summed E-state index contributed by atoms with van der Waals surface area (Å²) in [7, 11) is 1.55. The van der Waals surface area contributed by atoms with E-state index in [9.17, 15) is 14.7 Å². The lowest BCUT2D eigenvalue weighted by Crippen LogP contribution is -2.34. The number of hydrazone groups is 1. The van der Waals surface area contributed by atoms with Gasteiger partial charge in [-0.05, 0) is 61.9 Å². The lowest BCUT2D eigenvalue weighted by molar-refractivity contribution is -0.131. The molecule has 0 saturated carbocycles. The molecule has 0 aliphatic carbocycles. The van der Waals surface area contributed by atoms with E-state index in [2.05, 4.69) is 15.8 Å². The summed E-state index contributed by atoms with van der Waals surface area (Å²) in [4.78, 5) is 24.3. The minimum Gasteiger partial charge on any atom is -0.504 e. The Morgan fingerprint density at radius 1 is 1.18 bits per heavy atom. The number of hydrogen-bond donors (Lipinski definition) is 3. The molecule has 2 amide bonds. The van der Waals surface area contributed by atoms with Crippen LogP contribution in [0, 0.1) is 5.92 Å². The Hall–Kier alpha value is -3.55. The number of benzene rings is 2. The molecule has 2 aromatic carbocycles. The van der Waals surface area contributed by atoms with Crippen LogP contribution in [0.2, 0.25) is 0 Å². The number of phenols is 1. The lowest BCUT2D eigenvalue weighted by Gasteiger charge is -2.11. The number of phenolic OH excluding ortho intramolecular Hbond substituents is 1. The van der Waals surface area contributed by atoms with Gasteiger partial charge in [-0.25, -0.2) is 5.43 Å². The van der Waals surface area contributed by atoms with Crippen LogP contribution in [0.15, 0.2) is 47.6 Å². The average Bonchev–Trinajstić information content (AvgIpc) is 2.70. The summed E-state index contributed by atoms with van der Waals surface area (Å²) < 4.78 is 10.3. The average molecular weight is 385 g/mol. The first-order valence-corrected chi connectivity index (χ1v) is 8.68. The number of hydrogen-bond acceptors (Lipinski definition) is 6. The zero-order chi connectivity index (χ0) is 20.5. The van der Waals surface area contributed by atoms with Crippen LogP contribution in [0.3, 0.4) is 0 Å². The number of nitrogens with one attached hydrogen (secondary N) is 2. The zero-order valence-corrected chi connectivity index (χ0v) is 15.9. The molecule has 1 unspecified atom stereocenters. The molecular formula is C20H23N3O5. The fourth-order valence-corrected chi connectivity index (χ4v) is 2.19. The molecule has 1 atom stereocenters. The number of carbonyl (C=O) groups excluding carboxylic acids is 2. The van der Waals surface area contributed by atoms with E-state index in [1.54, 1.807) is 50.4 Å². The van der Waals surface area contributed by atoms with E-state index >= 15 is 0 Å². The van der Waals surface area contributed by atoms with E-state index in [1.165, 1.54) is 19.2 Å². The third-order valence-electron chi connectivity index (χ3n) is 3.82. The Morgan fingerprint density at radius 2 is 1.89 bits per heavy atom. The molecule has 8 nitrogen and oxygen atoms in total. The van der Waals surface area contributed by atoms with Crippen molar-refractivity contribution in [3.63, 3.8) is 0 Å². The lowest BCUT2D eigenvalue weighted by atomic mass is 10.1. The van der Waals surface area contributed by atoms with E-state index in [0.717, 1.165) is 0 Å². The molecule has 0 bridgehead atoms. The summed E-state index contributed by atoms with van der Waals surface area (Å²) in [5, 5.41) is 16.2. The molecule has 0 heterocycles. The molecule has 148 valence electrons. The molecule has 0 aliphatic rings. The molecule has 2 aromatic rings. The van der Waals surface area contributed by atoms with Crippen LogP contribution in [0.25, 0.3) is 0 Å². The van der Waals surface area contributed by atoms with Crippen molar-refractivity contribution in [1.82, 2.24) is 5.43 Å². The number of carbonyl (C=O) groups is 2. The van der Waals surface area contributed by atoms with Gasteiger partial charge >= 0.3 is 0 Å². The Labute approximate surface area is 163 Å². The molecule has 0 aliphatic heterocycles. The topological polar surface area (TPSA) is 109 Å². The molecule has 0 aromatic heterocycles. The van der Waals surface area contributed by atoms with Crippen molar-refractivity contribution in [3.8, 4) is 17.2 Å². The summed E-state index contributed by atoms with van der Waals surface area (Å²) in [6, 6.07) is 11.5. The van der Waals surface area contributed by atoms with Gasteiger partial charge in [-0.2, -0.15) is 5.10 Å². The molecule has 0 fully saturated rings. The highest BCUT2D eigenvalue weighted by Crippen LogP contribution is 2.26. The first-order valence-electron chi connectivity index (χ1n) is 8.68. The minimum absolute atomic E-state index is 0.0202. The highest BCUT2D eigenvalue weighted by molar-refractivity contribution is 6.06. The van der Waals surface area contributed by atoms with Gasteiger partial charge in [0, 0.05) is 5.69 Å². The van der Waals surface area contributed by atoms with Crippen LogP contribution in [0.4, 0.5) is 5.69 Å². The molecule has 3 N–H and O–H groups in total. The van der Waals surface area contributed by atoms with E-state index in [-0.39, 0.29) is 5.75 Å². The van der Waals surface area contributed by atoms with Gasteiger partial charge in [-0.1, -0.05) is 0 Å². The Kier molecular flexibility index (Phi) is 7.38. The second-order valence-electron chi connectivity index (χ2n) is 5.83. The van der Waals surface area contributed by atoms with Crippen molar-refractivity contribution in [2.75, 3.05) is 19.0 Å². The normalized spacial score (nSPS) is 11.7. The number of methoxy groups -OCH3 is 1. The number of anilines is 1. The summed E-state index contributed by atoms with van der Waals surface area (Å²) >= 11 is 0. The smallest absolute Gasteiger partial charge is 0.252 e. The molecule has 0 saturated heterocycles. The predicted molar refractivity (Wildman–Crippen MR) is 106 cm³/mol. The summed E-state index contributed by atoms with van der Waals surface area (Å²) in [5.41, 5.74) is 3.51. The zero-order valence-electron chi connectivity index (χ0n) is 15.9. The van der Waals surface area contributed by atoms with Gasteiger partial charge in [0.05, 0.1) is 19.9 Å². The first kappa shape index (κ1) is 20.8. The van der Waals surface area contributed by atoms with Crippen LogP contribution in [-0.2, 0) is 9.59 Å². The predicted octanol–water partition coefficient (Wildman–Crippen LogP) is 2.52. The second kappa shape index (κ2) is 9.96.